The van der Waals surface area contributed by atoms with Gasteiger partial charge in [-0.05, 0) is 41.1 Å². The van der Waals surface area contributed by atoms with Gasteiger partial charge < -0.3 is 11.1 Å². The van der Waals surface area contributed by atoms with Gasteiger partial charge in [0, 0.05) is 18.9 Å². The third kappa shape index (κ3) is 3.67. The van der Waals surface area contributed by atoms with Crippen LogP contribution in [0.3, 0.4) is 0 Å². The number of rotatable bonds is 4. The van der Waals surface area contributed by atoms with E-state index >= 15 is 0 Å². The van der Waals surface area contributed by atoms with Crippen molar-refractivity contribution in [3.63, 3.8) is 0 Å². The molecule has 0 saturated heterocycles. The van der Waals surface area contributed by atoms with Crippen molar-refractivity contribution >= 4 is 22.4 Å². The van der Waals surface area contributed by atoms with Crippen LogP contribution in [-0.2, 0) is 0 Å². The Balaban J connectivity index is 2.15. The molecular weight excluding hydrogens is 256 g/mol. The van der Waals surface area contributed by atoms with Crippen LogP contribution in [0.4, 0.5) is 10.8 Å². The van der Waals surface area contributed by atoms with Gasteiger partial charge >= 0.3 is 0 Å². The standard InChI is InChI=1S/C14H20N4S/c1-14(2,3)6-9-17-13-11(12(15)18-19-13)10-4-7-16-8-5-10/h4-5,7-8,17H,6,9H2,1-3H3,(H2,15,18). The Kier molecular flexibility index (Phi) is 4.04. The minimum absolute atomic E-state index is 0.320. The lowest BCUT2D eigenvalue weighted by molar-refractivity contribution is 0.390. The van der Waals surface area contributed by atoms with E-state index in [-0.39, 0.29) is 0 Å². The number of anilines is 2. The first-order valence-corrected chi connectivity index (χ1v) is 7.14. The second kappa shape index (κ2) is 5.57. The Morgan fingerprint density at radius 2 is 1.95 bits per heavy atom. The van der Waals surface area contributed by atoms with Crippen LogP contribution >= 0.6 is 11.5 Å². The Hall–Kier alpha value is -1.62. The van der Waals surface area contributed by atoms with Gasteiger partial charge in [0.2, 0.25) is 0 Å². The number of nitrogens with one attached hydrogen (secondary N) is 1. The normalized spacial score (nSPS) is 11.5. The molecule has 0 aromatic carbocycles. The summed E-state index contributed by atoms with van der Waals surface area (Å²) < 4.78 is 4.24. The number of nitrogens with two attached hydrogens (primary N) is 1. The van der Waals surface area contributed by atoms with Gasteiger partial charge in [0.15, 0.2) is 0 Å². The number of pyridine rings is 1. The van der Waals surface area contributed by atoms with Gasteiger partial charge in [0.05, 0.1) is 5.56 Å². The van der Waals surface area contributed by atoms with Crippen molar-refractivity contribution in [3.05, 3.63) is 24.5 Å². The second-order valence-electron chi connectivity index (χ2n) is 5.75. The van der Waals surface area contributed by atoms with Gasteiger partial charge in [0.25, 0.3) is 0 Å². The molecular formula is C14H20N4S. The summed E-state index contributed by atoms with van der Waals surface area (Å²) in [5, 5.41) is 4.48. The lowest BCUT2D eigenvalue weighted by Gasteiger charge is -2.18. The monoisotopic (exact) mass is 276 g/mol. The molecule has 0 radical (unpaired) electrons. The lowest BCUT2D eigenvalue weighted by atomic mass is 9.92. The molecule has 2 rings (SSSR count). The Morgan fingerprint density at radius 3 is 2.58 bits per heavy atom. The first-order chi connectivity index (χ1) is 8.97. The number of nitrogen functional groups attached to an aromatic ring is 1. The van der Waals surface area contributed by atoms with Crippen LogP contribution in [0.2, 0.25) is 0 Å². The van der Waals surface area contributed by atoms with Crippen LogP contribution in [0, 0.1) is 5.41 Å². The zero-order valence-corrected chi connectivity index (χ0v) is 12.4. The summed E-state index contributed by atoms with van der Waals surface area (Å²) in [7, 11) is 0. The molecule has 0 amide bonds. The molecule has 2 aromatic rings. The topological polar surface area (TPSA) is 63.8 Å². The highest BCUT2D eigenvalue weighted by Crippen LogP contribution is 2.36. The Labute approximate surface area is 118 Å². The molecule has 3 N–H and O–H groups in total. The highest BCUT2D eigenvalue weighted by Gasteiger charge is 2.15. The molecule has 0 bridgehead atoms. The SMILES string of the molecule is CC(C)(C)CCNc1snc(N)c1-c1ccncc1. The zero-order valence-electron chi connectivity index (χ0n) is 11.6. The van der Waals surface area contributed by atoms with Crippen molar-refractivity contribution in [2.24, 2.45) is 5.41 Å². The van der Waals surface area contributed by atoms with Crippen LogP contribution in [0.5, 0.6) is 0 Å². The van der Waals surface area contributed by atoms with Crippen LogP contribution in [0.15, 0.2) is 24.5 Å². The number of hydrogen-bond acceptors (Lipinski definition) is 5. The summed E-state index contributed by atoms with van der Waals surface area (Å²) in [4.78, 5) is 4.03. The molecule has 0 atom stereocenters. The van der Waals surface area contributed by atoms with Crippen LogP contribution < -0.4 is 11.1 Å². The third-order valence-electron chi connectivity index (χ3n) is 2.85. The summed E-state index contributed by atoms with van der Waals surface area (Å²) in [6, 6.07) is 3.91. The minimum Gasteiger partial charge on any atom is -0.382 e. The highest BCUT2D eigenvalue weighted by molar-refractivity contribution is 7.11. The predicted molar refractivity (Wildman–Crippen MR) is 82.3 cm³/mol. The van der Waals surface area contributed by atoms with Crippen LogP contribution in [-0.4, -0.2) is 15.9 Å². The average Bonchev–Trinajstić information content (AvgIpc) is 2.70. The molecule has 0 spiro atoms. The molecule has 19 heavy (non-hydrogen) atoms. The van der Waals surface area contributed by atoms with E-state index < -0.39 is 0 Å². The first-order valence-electron chi connectivity index (χ1n) is 6.37. The lowest BCUT2D eigenvalue weighted by Crippen LogP contribution is -2.12. The Morgan fingerprint density at radius 1 is 1.26 bits per heavy atom. The maximum absolute atomic E-state index is 5.97. The molecule has 102 valence electrons. The molecule has 5 heteroatoms. The second-order valence-corrected chi connectivity index (χ2v) is 6.52. The van der Waals surface area contributed by atoms with Gasteiger partial charge in [-0.15, -0.1) is 0 Å². The molecule has 0 aliphatic rings. The number of aromatic nitrogens is 2. The molecule has 2 aromatic heterocycles. The zero-order chi connectivity index (χ0) is 13.9. The largest absolute Gasteiger partial charge is 0.382 e. The van der Waals surface area contributed by atoms with Crippen molar-refractivity contribution < 1.29 is 0 Å². The molecule has 0 unspecified atom stereocenters. The smallest absolute Gasteiger partial charge is 0.147 e. The van der Waals surface area contributed by atoms with Crippen LogP contribution in [0.25, 0.3) is 11.1 Å². The van der Waals surface area contributed by atoms with Crippen molar-refractivity contribution in [1.82, 2.24) is 9.36 Å². The van der Waals surface area contributed by atoms with E-state index in [4.69, 9.17) is 5.73 Å². The van der Waals surface area contributed by atoms with E-state index in [1.54, 1.807) is 12.4 Å². The summed E-state index contributed by atoms with van der Waals surface area (Å²) >= 11 is 1.42. The summed E-state index contributed by atoms with van der Waals surface area (Å²) in [6.45, 7) is 7.63. The fraction of sp³-hybridized carbons (Fsp3) is 0.429. The molecule has 2 heterocycles. The van der Waals surface area contributed by atoms with Gasteiger partial charge in [0.1, 0.15) is 10.8 Å². The average molecular weight is 276 g/mol. The van der Waals surface area contributed by atoms with Crippen LogP contribution in [0.1, 0.15) is 27.2 Å². The number of nitrogens with zero attached hydrogens (tertiary/aromatic N) is 2. The molecule has 4 nitrogen and oxygen atoms in total. The quantitative estimate of drug-likeness (QED) is 0.895. The molecule has 0 aliphatic heterocycles. The van der Waals surface area contributed by atoms with Gasteiger partial charge in [-0.3, -0.25) is 4.98 Å². The molecule has 0 fully saturated rings. The summed E-state index contributed by atoms with van der Waals surface area (Å²) in [5.41, 5.74) is 8.33. The van der Waals surface area contributed by atoms with E-state index in [0.717, 1.165) is 29.1 Å². The predicted octanol–water partition coefficient (Wildman–Crippen LogP) is 3.64. The summed E-state index contributed by atoms with van der Waals surface area (Å²) in [6.07, 6.45) is 4.64. The number of hydrogen-bond donors (Lipinski definition) is 2. The highest BCUT2D eigenvalue weighted by atomic mass is 32.1. The van der Waals surface area contributed by atoms with E-state index in [9.17, 15) is 0 Å². The van der Waals surface area contributed by atoms with Gasteiger partial charge in [-0.1, -0.05) is 20.8 Å². The van der Waals surface area contributed by atoms with E-state index in [1.165, 1.54) is 11.5 Å². The van der Waals surface area contributed by atoms with Gasteiger partial charge in [-0.2, -0.15) is 4.37 Å². The molecule has 0 aliphatic carbocycles. The fourth-order valence-corrected chi connectivity index (χ4v) is 2.53. The minimum atomic E-state index is 0.320. The van der Waals surface area contributed by atoms with E-state index in [0.29, 0.717) is 11.2 Å². The Bertz CT molecular complexity index is 528. The maximum Gasteiger partial charge on any atom is 0.147 e. The molecule has 0 saturated carbocycles. The van der Waals surface area contributed by atoms with Crippen molar-refractivity contribution in [3.8, 4) is 11.1 Å². The van der Waals surface area contributed by atoms with E-state index in [2.05, 4.69) is 35.4 Å². The summed E-state index contributed by atoms with van der Waals surface area (Å²) in [5.74, 6) is 0.578. The van der Waals surface area contributed by atoms with Crippen molar-refractivity contribution in [1.29, 1.82) is 0 Å². The van der Waals surface area contributed by atoms with Gasteiger partial charge in [-0.25, -0.2) is 0 Å². The fourth-order valence-electron chi connectivity index (χ4n) is 1.77. The first kappa shape index (κ1) is 13.8. The van der Waals surface area contributed by atoms with Crippen molar-refractivity contribution in [2.75, 3.05) is 17.6 Å². The van der Waals surface area contributed by atoms with E-state index in [1.807, 2.05) is 12.1 Å². The third-order valence-corrected chi connectivity index (χ3v) is 3.67. The van der Waals surface area contributed by atoms with Crippen molar-refractivity contribution in [2.45, 2.75) is 27.2 Å². The maximum atomic E-state index is 5.97.